The second kappa shape index (κ2) is 11.1. The zero-order chi connectivity index (χ0) is 24.8. The van der Waals surface area contributed by atoms with Crippen molar-refractivity contribution in [3.63, 3.8) is 0 Å². The number of carbonyl (C=O) groups excluding carboxylic acids is 2. The van der Waals surface area contributed by atoms with E-state index < -0.39 is 0 Å². The first-order valence-corrected chi connectivity index (χ1v) is 11.9. The van der Waals surface area contributed by atoms with Gasteiger partial charge < -0.3 is 16.4 Å². The highest BCUT2D eigenvalue weighted by Crippen LogP contribution is 2.21. The highest BCUT2D eigenvalue weighted by molar-refractivity contribution is 7.17. The van der Waals surface area contributed by atoms with Crippen LogP contribution in [0.5, 0.6) is 0 Å². The van der Waals surface area contributed by atoms with Crippen LogP contribution in [0.3, 0.4) is 0 Å². The van der Waals surface area contributed by atoms with Crippen LogP contribution in [-0.2, 0) is 6.54 Å². The van der Waals surface area contributed by atoms with Gasteiger partial charge in [0, 0.05) is 24.5 Å². The molecule has 35 heavy (non-hydrogen) atoms. The number of thiophene rings is 1. The Balaban J connectivity index is 1.60. The van der Waals surface area contributed by atoms with E-state index in [9.17, 15) is 14.4 Å². The fraction of sp³-hybridized carbons (Fsp3) is 0.174. The minimum absolute atomic E-state index is 0.143. The maximum atomic E-state index is 13.0. The summed E-state index contributed by atoms with van der Waals surface area (Å²) in [7, 11) is 0. The summed E-state index contributed by atoms with van der Waals surface area (Å²) in [5.41, 5.74) is 7.12. The Morgan fingerprint density at radius 1 is 1.09 bits per heavy atom. The van der Waals surface area contributed by atoms with Gasteiger partial charge in [0.15, 0.2) is 0 Å². The van der Waals surface area contributed by atoms with Gasteiger partial charge >= 0.3 is 0 Å². The van der Waals surface area contributed by atoms with Gasteiger partial charge in [-0.05, 0) is 49.4 Å². The molecule has 10 nitrogen and oxygen atoms in total. The zero-order valence-electron chi connectivity index (χ0n) is 18.5. The molecule has 0 radical (unpaired) electrons. The third-order valence-corrected chi connectivity index (χ3v) is 6.24. The molecule has 1 aromatic carbocycles. The molecule has 12 heteroatoms. The Morgan fingerprint density at radius 3 is 2.69 bits per heavy atom. The minimum atomic E-state index is -0.334. The molecular formula is C23H22ClN7O3S. The SMILES string of the molecule is NCCCNC(=O)c1cc(-n2ccccc2=O)ccc1-n1cc(CNC(=O)c2ccc(Cl)s2)nn1. The highest BCUT2D eigenvalue weighted by atomic mass is 35.5. The Morgan fingerprint density at radius 2 is 1.94 bits per heavy atom. The lowest BCUT2D eigenvalue weighted by molar-refractivity contribution is 0.0945. The van der Waals surface area contributed by atoms with Gasteiger partial charge in [-0.2, -0.15) is 0 Å². The molecule has 3 aromatic heterocycles. The standard InChI is InChI=1S/C23H22ClN7O3S/c24-20-8-7-19(35-20)23(34)27-13-15-14-31(29-28-15)18-6-5-16(30-11-2-1-4-21(30)32)12-17(18)22(33)26-10-3-9-25/h1-2,4-8,11-12,14H,3,9-10,13,25H2,(H,26,33)(H,27,34). The summed E-state index contributed by atoms with van der Waals surface area (Å²) in [6.45, 7) is 0.998. The summed E-state index contributed by atoms with van der Waals surface area (Å²) in [6, 6.07) is 13.2. The molecule has 0 unspecified atom stereocenters. The fourth-order valence-corrected chi connectivity index (χ4v) is 4.25. The molecule has 0 aliphatic heterocycles. The normalized spacial score (nSPS) is 10.8. The zero-order valence-corrected chi connectivity index (χ0v) is 20.1. The van der Waals surface area contributed by atoms with E-state index in [0.29, 0.717) is 51.4 Å². The molecule has 180 valence electrons. The largest absolute Gasteiger partial charge is 0.352 e. The van der Waals surface area contributed by atoms with Crippen molar-refractivity contribution in [2.45, 2.75) is 13.0 Å². The molecule has 0 saturated heterocycles. The van der Waals surface area contributed by atoms with E-state index in [1.165, 1.54) is 26.7 Å². The van der Waals surface area contributed by atoms with E-state index >= 15 is 0 Å². The molecule has 0 spiro atoms. The number of nitrogens with one attached hydrogen (secondary N) is 2. The molecule has 4 N–H and O–H groups in total. The van der Waals surface area contributed by atoms with Crippen LogP contribution < -0.4 is 21.9 Å². The number of amides is 2. The molecule has 4 aromatic rings. The topological polar surface area (TPSA) is 137 Å². The van der Waals surface area contributed by atoms with Gasteiger partial charge in [-0.15, -0.1) is 16.4 Å². The second-order valence-corrected chi connectivity index (χ2v) is 9.16. The number of nitrogens with zero attached hydrogens (tertiary/aromatic N) is 4. The number of benzene rings is 1. The van der Waals surface area contributed by atoms with Crippen LogP contribution in [-0.4, -0.2) is 44.5 Å². The average Bonchev–Trinajstić information content (AvgIpc) is 3.52. The summed E-state index contributed by atoms with van der Waals surface area (Å²) in [5, 5.41) is 13.8. The molecular weight excluding hydrogens is 490 g/mol. The Hall–Kier alpha value is -3.80. The van der Waals surface area contributed by atoms with Crippen LogP contribution in [0.2, 0.25) is 4.34 Å². The van der Waals surface area contributed by atoms with Crippen molar-refractivity contribution in [1.29, 1.82) is 0 Å². The van der Waals surface area contributed by atoms with Crippen LogP contribution in [0.4, 0.5) is 0 Å². The van der Waals surface area contributed by atoms with Crippen molar-refractivity contribution in [3.8, 4) is 11.4 Å². The fourth-order valence-electron chi connectivity index (χ4n) is 3.29. The van der Waals surface area contributed by atoms with Crippen molar-refractivity contribution in [3.05, 3.63) is 91.7 Å². The average molecular weight is 512 g/mol. The number of nitrogens with two attached hydrogens (primary N) is 1. The molecule has 0 fully saturated rings. The van der Waals surface area contributed by atoms with Crippen molar-refractivity contribution >= 4 is 34.8 Å². The van der Waals surface area contributed by atoms with Crippen molar-refractivity contribution < 1.29 is 9.59 Å². The van der Waals surface area contributed by atoms with E-state index in [1.54, 1.807) is 54.9 Å². The Labute approximate surface area is 209 Å². The van der Waals surface area contributed by atoms with Crippen molar-refractivity contribution in [2.24, 2.45) is 5.73 Å². The van der Waals surface area contributed by atoms with Gasteiger partial charge in [0.2, 0.25) is 0 Å². The van der Waals surface area contributed by atoms with Crippen molar-refractivity contribution in [2.75, 3.05) is 13.1 Å². The first-order chi connectivity index (χ1) is 17.0. The number of hydrogen-bond acceptors (Lipinski definition) is 7. The Bertz CT molecular complexity index is 1410. The second-order valence-electron chi connectivity index (χ2n) is 7.45. The molecule has 0 aliphatic rings. The molecule has 2 amide bonds. The summed E-state index contributed by atoms with van der Waals surface area (Å²) in [6.07, 6.45) is 3.88. The van der Waals surface area contributed by atoms with Gasteiger partial charge in [-0.3, -0.25) is 19.0 Å². The van der Waals surface area contributed by atoms with Gasteiger partial charge in [-0.25, -0.2) is 4.68 Å². The third kappa shape index (κ3) is 5.83. The van der Waals surface area contributed by atoms with Crippen molar-refractivity contribution in [1.82, 2.24) is 30.2 Å². The van der Waals surface area contributed by atoms with E-state index in [2.05, 4.69) is 20.9 Å². The summed E-state index contributed by atoms with van der Waals surface area (Å²) < 4.78 is 3.43. The van der Waals surface area contributed by atoms with Crippen LogP contribution in [0.25, 0.3) is 11.4 Å². The first-order valence-electron chi connectivity index (χ1n) is 10.7. The number of carbonyl (C=O) groups is 2. The number of pyridine rings is 1. The maximum Gasteiger partial charge on any atom is 0.261 e. The van der Waals surface area contributed by atoms with E-state index in [-0.39, 0.29) is 23.9 Å². The summed E-state index contributed by atoms with van der Waals surface area (Å²) in [4.78, 5) is 38.0. The van der Waals surface area contributed by atoms with Crippen LogP contribution in [0, 0.1) is 0 Å². The number of halogens is 1. The predicted octanol–water partition coefficient (Wildman–Crippen LogP) is 2.14. The van der Waals surface area contributed by atoms with E-state index in [1.807, 2.05) is 0 Å². The molecule has 0 saturated carbocycles. The monoisotopic (exact) mass is 511 g/mol. The van der Waals surface area contributed by atoms with Crippen LogP contribution in [0.1, 0.15) is 32.1 Å². The maximum absolute atomic E-state index is 13.0. The third-order valence-electron chi connectivity index (χ3n) is 5.01. The lowest BCUT2D eigenvalue weighted by atomic mass is 10.1. The molecule has 0 aliphatic carbocycles. The highest BCUT2D eigenvalue weighted by Gasteiger charge is 2.17. The Kier molecular flexibility index (Phi) is 7.70. The lowest BCUT2D eigenvalue weighted by Gasteiger charge is -2.13. The smallest absolute Gasteiger partial charge is 0.261 e. The number of hydrogen-bond donors (Lipinski definition) is 3. The van der Waals surface area contributed by atoms with Gasteiger partial charge in [0.25, 0.3) is 17.4 Å². The molecule has 4 rings (SSSR count). The lowest BCUT2D eigenvalue weighted by Crippen LogP contribution is -2.27. The van der Waals surface area contributed by atoms with Gasteiger partial charge in [0.1, 0.15) is 5.69 Å². The van der Waals surface area contributed by atoms with Gasteiger partial charge in [0.05, 0.1) is 33.2 Å². The molecule has 0 bridgehead atoms. The molecule has 3 heterocycles. The minimum Gasteiger partial charge on any atom is -0.352 e. The quantitative estimate of drug-likeness (QED) is 0.294. The summed E-state index contributed by atoms with van der Waals surface area (Å²) in [5.74, 6) is -0.603. The van der Waals surface area contributed by atoms with Crippen LogP contribution in [0.15, 0.2) is 65.7 Å². The van der Waals surface area contributed by atoms with E-state index in [0.717, 1.165) is 0 Å². The number of aromatic nitrogens is 4. The predicted molar refractivity (Wildman–Crippen MR) is 133 cm³/mol. The van der Waals surface area contributed by atoms with Gasteiger partial charge in [-0.1, -0.05) is 22.9 Å². The summed E-state index contributed by atoms with van der Waals surface area (Å²) >= 11 is 7.07. The van der Waals surface area contributed by atoms with Crippen LogP contribution >= 0.6 is 22.9 Å². The molecule has 0 atom stereocenters. The number of rotatable bonds is 9. The first kappa shape index (κ1) is 24.3. The van der Waals surface area contributed by atoms with E-state index in [4.69, 9.17) is 17.3 Å².